The van der Waals surface area contributed by atoms with Gasteiger partial charge in [-0.05, 0) is 38.0 Å². The SMILES string of the molecule is CCC(=O)N1CCCC(c2nc(-c3ccc(C(=O)Nc4nccc(C(F)(F)F)c4C)cc3)c3c(N)nccn23)C1. The number of rotatable bonds is 5. The number of anilines is 2. The number of nitrogens with one attached hydrogen (secondary N) is 1. The maximum atomic E-state index is 13.2. The summed E-state index contributed by atoms with van der Waals surface area (Å²) in [7, 11) is 0. The second kappa shape index (κ2) is 10.6. The second-order valence-corrected chi connectivity index (χ2v) is 9.74. The van der Waals surface area contributed by atoms with Crippen LogP contribution in [-0.2, 0) is 11.0 Å². The third-order valence-corrected chi connectivity index (χ3v) is 7.21. The summed E-state index contributed by atoms with van der Waals surface area (Å²) in [6.07, 6.45) is 2.04. The molecular formula is C28H28F3N7O2. The molecule has 9 nitrogen and oxygen atoms in total. The van der Waals surface area contributed by atoms with Crippen LogP contribution in [0.1, 0.15) is 59.4 Å². The van der Waals surface area contributed by atoms with E-state index < -0.39 is 17.6 Å². The van der Waals surface area contributed by atoms with Crippen molar-refractivity contribution in [3.05, 3.63) is 71.4 Å². The van der Waals surface area contributed by atoms with Crippen LogP contribution in [0.3, 0.4) is 0 Å². The zero-order chi connectivity index (χ0) is 28.6. The summed E-state index contributed by atoms with van der Waals surface area (Å²) in [5, 5.41) is 2.47. The topological polar surface area (TPSA) is 119 Å². The molecule has 1 aliphatic heterocycles. The summed E-state index contributed by atoms with van der Waals surface area (Å²) in [4.78, 5) is 40.1. The molecule has 0 saturated carbocycles. The van der Waals surface area contributed by atoms with E-state index in [0.29, 0.717) is 35.6 Å². The summed E-state index contributed by atoms with van der Waals surface area (Å²) < 4.78 is 41.6. The minimum absolute atomic E-state index is 0.0144. The molecule has 5 rings (SSSR count). The zero-order valence-electron chi connectivity index (χ0n) is 22.0. The van der Waals surface area contributed by atoms with Gasteiger partial charge in [-0.25, -0.2) is 15.0 Å². The number of carbonyl (C=O) groups is 2. The van der Waals surface area contributed by atoms with Crippen LogP contribution >= 0.6 is 0 Å². The number of fused-ring (bicyclic) bond motifs is 1. The average molecular weight is 552 g/mol. The molecular weight excluding hydrogens is 523 g/mol. The summed E-state index contributed by atoms with van der Waals surface area (Å²) in [6, 6.07) is 7.40. The van der Waals surface area contributed by atoms with E-state index in [0.717, 1.165) is 37.5 Å². The highest BCUT2D eigenvalue weighted by Gasteiger charge is 2.33. The molecule has 1 saturated heterocycles. The second-order valence-electron chi connectivity index (χ2n) is 9.74. The van der Waals surface area contributed by atoms with Crippen LogP contribution in [-0.4, -0.2) is 49.2 Å². The van der Waals surface area contributed by atoms with Gasteiger partial charge >= 0.3 is 6.18 Å². The van der Waals surface area contributed by atoms with Crippen molar-refractivity contribution in [2.45, 2.75) is 45.2 Å². The van der Waals surface area contributed by atoms with E-state index in [4.69, 9.17) is 10.7 Å². The van der Waals surface area contributed by atoms with Crippen molar-refractivity contribution in [3.8, 4) is 11.3 Å². The Morgan fingerprint density at radius 2 is 1.88 bits per heavy atom. The lowest BCUT2D eigenvalue weighted by Crippen LogP contribution is -2.39. The molecule has 1 atom stereocenters. The molecule has 208 valence electrons. The van der Waals surface area contributed by atoms with Gasteiger partial charge in [0.05, 0.1) is 5.56 Å². The van der Waals surface area contributed by atoms with Crippen molar-refractivity contribution in [1.29, 1.82) is 0 Å². The summed E-state index contributed by atoms with van der Waals surface area (Å²) in [5.74, 6) is 0.440. The Bertz CT molecular complexity index is 1580. The van der Waals surface area contributed by atoms with Gasteiger partial charge in [0, 0.05) is 60.7 Å². The van der Waals surface area contributed by atoms with Crippen LogP contribution in [0.2, 0.25) is 0 Å². The van der Waals surface area contributed by atoms with Gasteiger partial charge in [0.2, 0.25) is 5.91 Å². The largest absolute Gasteiger partial charge is 0.416 e. The van der Waals surface area contributed by atoms with Crippen molar-refractivity contribution in [2.24, 2.45) is 0 Å². The van der Waals surface area contributed by atoms with E-state index in [-0.39, 0.29) is 28.8 Å². The lowest BCUT2D eigenvalue weighted by Gasteiger charge is -2.32. The normalized spacial score (nSPS) is 15.8. The fourth-order valence-electron chi connectivity index (χ4n) is 5.14. The van der Waals surface area contributed by atoms with Crippen LogP contribution in [0.25, 0.3) is 16.8 Å². The Kier molecular flexibility index (Phi) is 7.17. The quantitative estimate of drug-likeness (QED) is 0.358. The van der Waals surface area contributed by atoms with E-state index in [2.05, 4.69) is 15.3 Å². The van der Waals surface area contributed by atoms with E-state index >= 15 is 0 Å². The molecule has 0 bridgehead atoms. The van der Waals surface area contributed by atoms with Gasteiger partial charge in [-0.3, -0.25) is 14.0 Å². The molecule has 1 aliphatic rings. The van der Waals surface area contributed by atoms with Crippen LogP contribution in [0.15, 0.2) is 48.9 Å². The number of carbonyl (C=O) groups excluding carboxylic acids is 2. The third kappa shape index (κ3) is 5.08. The van der Waals surface area contributed by atoms with Crippen LogP contribution in [0.4, 0.5) is 24.8 Å². The first kappa shape index (κ1) is 27.1. The molecule has 0 spiro atoms. The van der Waals surface area contributed by atoms with Gasteiger partial charge in [0.1, 0.15) is 28.7 Å². The Balaban J connectivity index is 1.44. The summed E-state index contributed by atoms with van der Waals surface area (Å²) in [5.41, 5.74) is 7.37. The van der Waals surface area contributed by atoms with Crippen LogP contribution in [0, 0.1) is 6.92 Å². The Morgan fingerprint density at radius 1 is 1.12 bits per heavy atom. The Hall–Kier alpha value is -4.48. The fraction of sp³-hybridized carbons (Fsp3) is 0.321. The summed E-state index contributed by atoms with van der Waals surface area (Å²) in [6.45, 7) is 4.40. The van der Waals surface area contributed by atoms with Crippen LogP contribution in [0.5, 0.6) is 0 Å². The molecule has 40 heavy (non-hydrogen) atoms. The number of nitrogens with two attached hydrogens (primary N) is 1. The molecule has 0 aliphatic carbocycles. The number of hydrogen-bond donors (Lipinski definition) is 2. The van der Waals surface area contributed by atoms with Crippen molar-refractivity contribution in [2.75, 3.05) is 24.1 Å². The highest BCUT2D eigenvalue weighted by molar-refractivity contribution is 6.04. The lowest BCUT2D eigenvalue weighted by molar-refractivity contribution is -0.138. The number of imidazole rings is 1. The number of nitrogens with zero attached hydrogens (tertiary/aromatic N) is 5. The van der Waals surface area contributed by atoms with Gasteiger partial charge in [-0.15, -0.1) is 0 Å². The molecule has 1 aromatic carbocycles. The van der Waals surface area contributed by atoms with E-state index in [9.17, 15) is 22.8 Å². The molecule has 2 amide bonds. The number of alkyl halides is 3. The van der Waals surface area contributed by atoms with Crippen molar-refractivity contribution in [3.63, 3.8) is 0 Å². The first-order valence-corrected chi connectivity index (χ1v) is 12.9. The highest BCUT2D eigenvalue weighted by atomic mass is 19.4. The molecule has 0 radical (unpaired) electrons. The number of nitrogen functional groups attached to an aromatic ring is 1. The number of amides is 2. The molecule has 12 heteroatoms. The molecule has 3 N–H and O–H groups in total. The minimum atomic E-state index is -4.56. The predicted octanol–water partition coefficient (Wildman–Crippen LogP) is 5.07. The number of benzene rings is 1. The number of hydrogen-bond acceptors (Lipinski definition) is 6. The number of likely N-dealkylation sites (tertiary alicyclic amines) is 1. The van der Waals surface area contributed by atoms with Crippen molar-refractivity contribution in [1.82, 2.24) is 24.3 Å². The monoisotopic (exact) mass is 551 g/mol. The van der Waals surface area contributed by atoms with Crippen molar-refractivity contribution >= 4 is 29.0 Å². The third-order valence-electron chi connectivity index (χ3n) is 7.21. The number of halogens is 3. The molecule has 4 heterocycles. The highest BCUT2D eigenvalue weighted by Crippen LogP contribution is 2.35. The van der Waals surface area contributed by atoms with Gasteiger partial charge in [-0.2, -0.15) is 13.2 Å². The molecule has 4 aromatic rings. The van der Waals surface area contributed by atoms with E-state index in [1.165, 1.54) is 6.92 Å². The standard InChI is InChI=1S/C28H28F3N7O2/c1-3-21(39)37-13-4-5-19(15-37)26-35-22(23-24(32)33-12-14-38(23)26)17-6-8-18(9-7-17)27(40)36-25-16(2)20(10-11-34-25)28(29,30)31/h6-12,14,19H,3-5,13,15H2,1-2H3,(H2,32,33)(H,34,36,40). The van der Waals surface area contributed by atoms with Crippen LogP contribution < -0.4 is 11.1 Å². The van der Waals surface area contributed by atoms with Gasteiger partial charge < -0.3 is 16.0 Å². The number of aromatic nitrogens is 4. The molecule has 1 fully saturated rings. The zero-order valence-corrected chi connectivity index (χ0v) is 22.0. The smallest absolute Gasteiger partial charge is 0.382 e. The van der Waals surface area contributed by atoms with E-state index in [1.807, 2.05) is 16.2 Å². The number of pyridine rings is 1. The first-order valence-electron chi connectivity index (χ1n) is 12.9. The Labute approximate surface area is 228 Å². The first-order chi connectivity index (χ1) is 19.1. The van der Waals surface area contributed by atoms with Gasteiger partial charge in [-0.1, -0.05) is 19.1 Å². The summed E-state index contributed by atoms with van der Waals surface area (Å²) >= 11 is 0. The predicted molar refractivity (Wildman–Crippen MR) is 144 cm³/mol. The molecule has 1 unspecified atom stereocenters. The lowest BCUT2D eigenvalue weighted by atomic mass is 9.97. The fourth-order valence-corrected chi connectivity index (χ4v) is 5.14. The maximum absolute atomic E-state index is 13.2. The maximum Gasteiger partial charge on any atom is 0.416 e. The molecule has 3 aromatic heterocycles. The number of piperidine rings is 1. The van der Waals surface area contributed by atoms with Gasteiger partial charge in [0.25, 0.3) is 5.91 Å². The average Bonchev–Trinajstić information content (AvgIpc) is 3.34. The van der Waals surface area contributed by atoms with Crippen molar-refractivity contribution < 1.29 is 22.8 Å². The van der Waals surface area contributed by atoms with Gasteiger partial charge in [0.15, 0.2) is 0 Å². The Morgan fingerprint density at radius 3 is 2.58 bits per heavy atom. The minimum Gasteiger partial charge on any atom is -0.382 e. The van der Waals surface area contributed by atoms with E-state index in [1.54, 1.807) is 36.7 Å².